The number of nitrogens with zero attached hydrogens (tertiary/aromatic N) is 1. The van der Waals surface area contributed by atoms with Crippen LogP contribution in [-0.4, -0.2) is 24.3 Å². The van der Waals surface area contributed by atoms with Gasteiger partial charge in [-0.15, -0.1) is 0 Å². The molecule has 4 nitrogen and oxygen atoms in total. The van der Waals surface area contributed by atoms with Crippen LogP contribution in [0.5, 0.6) is 0 Å². The number of halogens is 1. The highest BCUT2D eigenvalue weighted by molar-refractivity contribution is 5.87. The molecule has 1 amide bonds. The van der Waals surface area contributed by atoms with Gasteiger partial charge in [-0.3, -0.25) is 4.79 Å². The second kappa shape index (κ2) is 7.92. The molecule has 25 heavy (non-hydrogen) atoms. The van der Waals surface area contributed by atoms with E-state index in [9.17, 15) is 9.18 Å². The zero-order valence-corrected chi connectivity index (χ0v) is 14.1. The van der Waals surface area contributed by atoms with Gasteiger partial charge in [0.2, 0.25) is 5.91 Å². The maximum atomic E-state index is 13.2. The van der Waals surface area contributed by atoms with Gasteiger partial charge < -0.3 is 10.2 Å². The highest BCUT2D eigenvalue weighted by Gasteiger charge is 2.23. The molecule has 0 aromatic heterocycles. The van der Waals surface area contributed by atoms with E-state index in [1.165, 1.54) is 12.1 Å². The van der Waals surface area contributed by atoms with Crippen LogP contribution >= 0.6 is 0 Å². The number of rotatable bonds is 6. The molecule has 1 heterocycles. The first-order valence-electron chi connectivity index (χ1n) is 8.40. The Balaban J connectivity index is 1.45. The predicted octanol–water partition coefficient (Wildman–Crippen LogP) is 3.43. The van der Waals surface area contributed by atoms with Crippen molar-refractivity contribution in [1.82, 2.24) is 5.32 Å². The first kappa shape index (κ1) is 17.1. The molecule has 5 heteroatoms. The molecule has 1 aliphatic heterocycles. The summed E-state index contributed by atoms with van der Waals surface area (Å²) >= 11 is 0. The number of carbonyl (C=O) groups excluding carboxylic acids is 1. The highest BCUT2D eigenvalue weighted by atomic mass is 19.1. The average Bonchev–Trinajstić information content (AvgIpc) is 3.07. The molecule has 2 aromatic carbocycles. The Morgan fingerprint density at radius 3 is 2.84 bits per heavy atom. The minimum absolute atomic E-state index is 0.0339. The minimum atomic E-state index is -0.254. The van der Waals surface area contributed by atoms with Crippen LogP contribution < -0.4 is 5.32 Å². The predicted molar refractivity (Wildman–Crippen MR) is 94.9 cm³/mol. The van der Waals surface area contributed by atoms with Gasteiger partial charge in [-0.2, -0.15) is 0 Å². The zero-order valence-electron chi connectivity index (χ0n) is 14.1. The molecule has 1 aliphatic rings. The monoisotopic (exact) mass is 340 g/mol. The zero-order chi connectivity index (χ0) is 17.6. The van der Waals surface area contributed by atoms with Gasteiger partial charge in [0.15, 0.2) is 0 Å². The van der Waals surface area contributed by atoms with Gasteiger partial charge >= 0.3 is 0 Å². The molecule has 0 saturated heterocycles. The second-order valence-corrected chi connectivity index (χ2v) is 6.27. The van der Waals surface area contributed by atoms with E-state index in [0.717, 1.165) is 16.8 Å². The number of oxime groups is 1. The van der Waals surface area contributed by atoms with Crippen molar-refractivity contribution in [3.63, 3.8) is 0 Å². The fraction of sp³-hybridized carbons (Fsp3) is 0.300. The largest absolute Gasteiger partial charge is 0.390 e. The van der Waals surface area contributed by atoms with E-state index in [2.05, 4.69) is 10.5 Å². The number of amides is 1. The van der Waals surface area contributed by atoms with E-state index in [1.54, 1.807) is 6.07 Å². The summed E-state index contributed by atoms with van der Waals surface area (Å²) < 4.78 is 13.2. The van der Waals surface area contributed by atoms with Crippen molar-refractivity contribution >= 4 is 11.6 Å². The molecule has 0 bridgehead atoms. The third-order valence-corrected chi connectivity index (χ3v) is 4.29. The average molecular weight is 340 g/mol. The molecule has 0 fully saturated rings. The van der Waals surface area contributed by atoms with E-state index in [1.807, 2.05) is 43.3 Å². The molecule has 130 valence electrons. The van der Waals surface area contributed by atoms with Crippen LogP contribution in [0.2, 0.25) is 0 Å². The summed E-state index contributed by atoms with van der Waals surface area (Å²) in [4.78, 5) is 17.6. The second-order valence-electron chi connectivity index (χ2n) is 6.27. The molecule has 0 aliphatic carbocycles. The maximum Gasteiger partial charge on any atom is 0.227 e. The van der Waals surface area contributed by atoms with Gasteiger partial charge in [0, 0.05) is 12.8 Å². The fourth-order valence-corrected chi connectivity index (χ4v) is 2.84. The number of carbonyl (C=O) groups is 1. The number of nitrogens with one attached hydrogen (secondary N) is 1. The van der Waals surface area contributed by atoms with Crippen LogP contribution in [0.15, 0.2) is 59.8 Å². The van der Waals surface area contributed by atoms with Crippen molar-refractivity contribution < 1.29 is 14.0 Å². The van der Waals surface area contributed by atoms with Crippen molar-refractivity contribution in [1.29, 1.82) is 0 Å². The lowest BCUT2D eigenvalue weighted by molar-refractivity contribution is -0.122. The van der Waals surface area contributed by atoms with Gasteiger partial charge in [0.05, 0.1) is 18.2 Å². The topological polar surface area (TPSA) is 50.7 Å². The van der Waals surface area contributed by atoms with Gasteiger partial charge in [-0.05, 0) is 30.2 Å². The standard InChI is InChI=1S/C20H21FN2O2/c1-14(16-7-3-2-4-8-16)20(24)22-13-19-12-18(23-25-19)11-15-6-5-9-17(21)10-15/h2-10,14,19H,11-13H2,1H3,(H,22,24). The fourth-order valence-electron chi connectivity index (χ4n) is 2.84. The third kappa shape index (κ3) is 4.66. The lowest BCUT2D eigenvalue weighted by Gasteiger charge is -2.14. The molecular weight excluding hydrogens is 319 g/mol. The lowest BCUT2D eigenvalue weighted by atomic mass is 10.0. The maximum absolute atomic E-state index is 13.2. The summed E-state index contributed by atoms with van der Waals surface area (Å²) in [6, 6.07) is 16.1. The van der Waals surface area contributed by atoms with E-state index in [-0.39, 0.29) is 23.7 Å². The summed E-state index contributed by atoms with van der Waals surface area (Å²) in [5.74, 6) is -0.501. The molecule has 2 aromatic rings. The number of benzene rings is 2. The van der Waals surface area contributed by atoms with Crippen LogP contribution in [0.25, 0.3) is 0 Å². The van der Waals surface area contributed by atoms with Crippen LogP contribution in [0.3, 0.4) is 0 Å². The Hall–Kier alpha value is -2.69. The van der Waals surface area contributed by atoms with Crippen LogP contribution in [-0.2, 0) is 16.1 Å². The summed E-state index contributed by atoms with van der Waals surface area (Å²) in [6.07, 6.45) is 1.02. The first-order valence-corrected chi connectivity index (χ1v) is 8.40. The van der Waals surface area contributed by atoms with Crippen molar-refractivity contribution in [2.24, 2.45) is 5.16 Å². The van der Waals surface area contributed by atoms with Gasteiger partial charge in [-0.25, -0.2) is 4.39 Å². The van der Waals surface area contributed by atoms with E-state index in [0.29, 0.717) is 19.4 Å². The van der Waals surface area contributed by atoms with Crippen molar-refractivity contribution in [2.75, 3.05) is 6.54 Å². The van der Waals surface area contributed by atoms with Gasteiger partial charge in [-0.1, -0.05) is 47.6 Å². The molecule has 1 N–H and O–H groups in total. The molecule has 0 radical (unpaired) electrons. The highest BCUT2D eigenvalue weighted by Crippen LogP contribution is 2.17. The smallest absolute Gasteiger partial charge is 0.227 e. The molecule has 0 saturated carbocycles. The van der Waals surface area contributed by atoms with Crippen LogP contribution in [0, 0.1) is 5.82 Å². The summed E-state index contributed by atoms with van der Waals surface area (Å²) in [5.41, 5.74) is 2.71. The molecule has 3 rings (SSSR count). The van der Waals surface area contributed by atoms with E-state index < -0.39 is 0 Å². The summed E-state index contributed by atoms with van der Waals surface area (Å²) in [6.45, 7) is 2.29. The van der Waals surface area contributed by atoms with Crippen LogP contribution in [0.4, 0.5) is 4.39 Å². The van der Waals surface area contributed by atoms with Crippen molar-refractivity contribution in [2.45, 2.75) is 31.8 Å². The summed E-state index contributed by atoms with van der Waals surface area (Å²) in [5, 5.41) is 6.99. The third-order valence-electron chi connectivity index (χ3n) is 4.29. The first-order chi connectivity index (χ1) is 12.1. The van der Waals surface area contributed by atoms with E-state index >= 15 is 0 Å². The van der Waals surface area contributed by atoms with Crippen molar-refractivity contribution in [3.8, 4) is 0 Å². The lowest BCUT2D eigenvalue weighted by Crippen LogP contribution is -2.35. The number of hydrogen-bond donors (Lipinski definition) is 1. The van der Waals surface area contributed by atoms with Crippen LogP contribution in [0.1, 0.15) is 30.4 Å². The normalized spacial score (nSPS) is 17.5. The van der Waals surface area contributed by atoms with E-state index in [4.69, 9.17) is 4.84 Å². The molecule has 2 atom stereocenters. The summed E-state index contributed by atoms with van der Waals surface area (Å²) in [7, 11) is 0. The molecule has 0 spiro atoms. The minimum Gasteiger partial charge on any atom is -0.390 e. The Bertz CT molecular complexity index is 761. The van der Waals surface area contributed by atoms with Gasteiger partial charge in [0.25, 0.3) is 0 Å². The quantitative estimate of drug-likeness (QED) is 0.876. The molecule has 2 unspecified atom stereocenters. The Labute approximate surface area is 146 Å². The molecular formula is C20H21FN2O2. The SMILES string of the molecule is CC(C(=O)NCC1CC(Cc2cccc(F)c2)=NO1)c1ccccc1. The van der Waals surface area contributed by atoms with Crippen molar-refractivity contribution in [3.05, 3.63) is 71.5 Å². The number of hydrogen-bond acceptors (Lipinski definition) is 3. The Morgan fingerprint density at radius 2 is 2.08 bits per heavy atom. The Kier molecular flexibility index (Phi) is 5.43. The van der Waals surface area contributed by atoms with Gasteiger partial charge in [0.1, 0.15) is 11.9 Å². The Morgan fingerprint density at radius 1 is 1.28 bits per heavy atom.